The molecule has 0 amide bonds. The number of hydrogen-bond donors (Lipinski definition) is 1. The molecule has 23 heavy (non-hydrogen) atoms. The second kappa shape index (κ2) is 5.79. The number of nitrogens with zero attached hydrogens (tertiary/aromatic N) is 2. The van der Waals surface area contributed by atoms with Crippen LogP contribution in [0.5, 0.6) is 0 Å². The fourth-order valence-electron chi connectivity index (χ4n) is 3.09. The Labute approximate surface area is 133 Å². The summed E-state index contributed by atoms with van der Waals surface area (Å²) in [5.74, 6) is 0.703. The van der Waals surface area contributed by atoms with Gasteiger partial charge in [0, 0.05) is 45.1 Å². The molecule has 2 aromatic heterocycles. The highest BCUT2D eigenvalue weighted by Gasteiger charge is 2.32. The lowest BCUT2D eigenvalue weighted by Crippen LogP contribution is -2.44. The van der Waals surface area contributed by atoms with Crippen molar-refractivity contribution in [3.05, 3.63) is 30.6 Å². The number of furan rings is 1. The molecule has 0 aliphatic carbocycles. The van der Waals surface area contributed by atoms with E-state index in [-0.39, 0.29) is 5.60 Å². The van der Waals surface area contributed by atoms with Crippen molar-refractivity contribution in [1.29, 1.82) is 0 Å². The van der Waals surface area contributed by atoms with Gasteiger partial charge in [-0.1, -0.05) is 12.1 Å². The Morgan fingerprint density at radius 3 is 2.87 bits per heavy atom. The van der Waals surface area contributed by atoms with E-state index in [0.29, 0.717) is 17.9 Å². The maximum atomic E-state index is 5.94. The first-order valence-corrected chi connectivity index (χ1v) is 7.80. The molecule has 6 nitrogen and oxygen atoms in total. The zero-order chi connectivity index (χ0) is 15.7. The number of fused-ring (bicyclic) bond motifs is 3. The number of benzene rings is 1. The standard InChI is InChI=1S/C17H19N3O3/c1-21-17(6-8-22-9-7-17)10-18-16-15-14(19-11-20-16)12-4-2-3-5-13(12)23-15/h2-5,11H,6-10H2,1H3,(H,18,19,20). The lowest BCUT2D eigenvalue weighted by Gasteiger charge is -2.36. The largest absolute Gasteiger partial charge is 0.450 e. The Bertz CT molecular complexity index is 824. The molecule has 1 aliphatic heterocycles. The molecule has 1 aromatic carbocycles. The number of para-hydroxylation sites is 1. The van der Waals surface area contributed by atoms with Crippen LogP contribution in [0.3, 0.4) is 0 Å². The SMILES string of the molecule is COC1(CNc2ncnc3c2oc2ccccc23)CCOCC1. The maximum Gasteiger partial charge on any atom is 0.196 e. The molecule has 120 valence electrons. The van der Waals surface area contributed by atoms with Crippen LogP contribution in [0.25, 0.3) is 22.1 Å². The lowest BCUT2D eigenvalue weighted by atomic mass is 9.94. The summed E-state index contributed by atoms with van der Waals surface area (Å²) in [6.07, 6.45) is 3.30. The van der Waals surface area contributed by atoms with Crippen molar-refractivity contribution < 1.29 is 13.9 Å². The number of hydrogen-bond acceptors (Lipinski definition) is 6. The van der Waals surface area contributed by atoms with Gasteiger partial charge < -0.3 is 19.2 Å². The number of nitrogens with one attached hydrogen (secondary N) is 1. The van der Waals surface area contributed by atoms with E-state index >= 15 is 0 Å². The zero-order valence-corrected chi connectivity index (χ0v) is 13.0. The van der Waals surface area contributed by atoms with Gasteiger partial charge in [-0.3, -0.25) is 0 Å². The van der Waals surface area contributed by atoms with Crippen LogP contribution in [-0.4, -0.2) is 42.4 Å². The molecule has 0 saturated carbocycles. The van der Waals surface area contributed by atoms with Gasteiger partial charge in [0.2, 0.25) is 0 Å². The van der Waals surface area contributed by atoms with E-state index in [1.165, 1.54) is 0 Å². The molecule has 1 saturated heterocycles. The minimum atomic E-state index is -0.221. The number of aromatic nitrogens is 2. The van der Waals surface area contributed by atoms with Crippen LogP contribution in [0.4, 0.5) is 5.82 Å². The fourth-order valence-corrected chi connectivity index (χ4v) is 3.09. The van der Waals surface area contributed by atoms with Crippen molar-refractivity contribution in [2.75, 3.05) is 32.2 Å². The van der Waals surface area contributed by atoms with Gasteiger partial charge in [-0.15, -0.1) is 0 Å². The zero-order valence-electron chi connectivity index (χ0n) is 13.0. The van der Waals surface area contributed by atoms with Crippen molar-refractivity contribution in [1.82, 2.24) is 9.97 Å². The van der Waals surface area contributed by atoms with Crippen molar-refractivity contribution >= 4 is 27.9 Å². The van der Waals surface area contributed by atoms with Gasteiger partial charge in [-0.25, -0.2) is 9.97 Å². The fraction of sp³-hybridized carbons (Fsp3) is 0.412. The summed E-state index contributed by atoms with van der Waals surface area (Å²) >= 11 is 0. The summed E-state index contributed by atoms with van der Waals surface area (Å²) in [5, 5.41) is 4.39. The molecule has 3 heterocycles. The van der Waals surface area contributed by atoms with E-state index in [0.717, 1.165) is 42.5 Å². The van der Waals surface area contributed by atoms with Gasteiger partial charge in [0.15, 0.2) is 11.4 Å². The molecule has 0 unspecified atom stereocenters. The molecule has 1 fully saturated rings. The second-order valence-corrected chi connectivity index (χ2v) is 5.85. The third kappa shape index (κ3) is 2.54. The van der Waals surface area contributed by atoms with Crippen LogP contribution in [-0.2, 0) is 9.47 Å². The smallest absolute Gasteiger partial charge is 0.196 e. The van der Waals surface area contributed by atoms with E-state index in [4.69, 9.17) is 13.9 Å². The van der Waals surface area contributed by atoms with Gasteiger partial charge in [0.1, 0.15) is 17.4 Å². The van der Waals surface area contributed by atoms with Crippen molar-refractivity contribution in [3.63, 3.8) is 0 Å². The summed E-state index contributed by atoms with van der Waals surface area (Å²) in [6.45, 7) is 2.11. The molecule has 6 heteroatoms. The monoisotopic (exact) mass is 313 g/mol. The van der Waals surface area contributed by atoms with E-state index in [1.54, 1.807) is 13.4 Å². The first-order chi connectivity index (χ1) is 11.3. The highest BCUT2D eigenvalue weighted by atomic mass is 16.5. The minimum Gasteiger partial charge on any atom is -0.450 e. The Balaban J connectivity index is 1.66. The first kappa shape index (κ1) is 14.4. The normalized spacial score (nSPS) is 17.6. The van der Waals surface area contributed by atoms with Crippen LogP contribution >= 0.6 is 0 Å². The number of methoxy groups -OCH3 is 1. The molecule has 3 aromatic rings. The van der Waals surface area contributed by atoms with Gasteiger partial charge in [0.25, 0.3) is 0 Å². The highest BCUT2D eigenvalue weighted by molar-refractivity contribution is 6.05. The van der Waals surface area contributed by atoms with Gasteiger partial charge in [-0.05, 0) is 12.1 Å². The van der Waals surface area contributed by atoms with Crippen LogP contribution in [0.15, 0.2) is 35.0 Å². The molecular formula is C17H19N3O3. The topological polar surface area (TPSA) is 69.4 Å². The summed E-state index contributed by atoms with van der Waals surface area (Å²) in [7, 11) is 1.75. The van der Waals surface area contributed by atoms with Crippen molar-refractivity contribution in [2.24, 2.45) is 0 Å². The average Bonchev–Trinajstić information content (AvgIpc) is 3.00. The quantitative estimate of drug-likeness (QED) is 0.798. The third-order valence-corrected chi connectivity index (χ3v) is 4.57. The van der Waals surface area contributed by atoms with Crippen LogP contribution < -0.4 is 5.32 Å². The van der Waals surface area contributed by atoms with Crippen LogP contribution in [0, 0.1) is 0 Å². The summed E-state index contributed by atoms with van der Waals surface area (Å²) in [6, 6.07) is 7.88. The Morgan fingerprint density at radius 1 is 1.22 bits per heavy atom. The molecule has 0 spiro atoms. The molecule has 1 N–H and O–H groups in total. The molecule has 0 radical (unpaired) electrons. The molecule has 4 rings (SSSR count). The van der Waals surface area contributed by atoms with Crippen molar-refractivity contribution in [2.45, 2.75) is 18.4 Å². The number of ether oxygens (including phenoxy) is 2. The van der Waals surface area contributed by atoms with Gasteiger partial charge in [0.05, 0.1) is 5.60 Å². The van der Waals surface area contributed by atoms with E-state index in [1.807, 2.05) is 24.3 Å². The molecule has 0 bridgehead atoms. The maximum absolute atomic E-state index is 5.94. The number of rotatable bonds is 4. The average molecular weight is 313 g/mol. The Hall–Kier alpha value is -2.18. The predicted octanol–water partition coefficient (Wildman–Crippen LogP) is 2.98. The Kier molecular flexibility index (Phi) is 3.63. The van der Waals surface area contributed by atoms with Crippen LogP contribution in [0.1, 0.15) is 12.8 Å². The first-order valence-electron chi connectivity index (χ1n) is 7.80. The third-order valence-electron chi connectivity index (χ3n) is 4.57. The summed E-state index contributed by atoms with van der Waals surface area (Å²) in [4.78, 5) is 8.72. The number of anilines is 1. The highest BCUT2D eigenvalue weighted by Crippen LogP contribution is 2.31. The summed E-state index contributed by atoms with van der Waals surface area (Å²) < 4.78 is 17.1. The molecular weight excluding hydrogens is 294 g/mol. The molecule has 1 aliphatic rings. The Morgan fingerprint density at radius 2 is 2.04 bits per heavy atom. The van der Waals surface area contributed by atoms with E-state index in [9.17, 15) is 0 Å². The summed E-state index contributed by atoms with van der Waals surface area (Å²) in [5.41, 5.74) is 2.11. The second-order valence-electron chi connectivity index (χ2n) is 5.85. The van der Waals surface area contributed by atoms with Crippen molar-refractivity contribution in [3.8, 4) is 0 Å². The van der Waals surface area contributed by atoms with Gasteiger partial charge >= 0.3 is 0 Å². The molecule has 0 atom stereocenters. The van der Waals surface area contributed by atoms with Gasteiger partial charge in [-0.2, -0.15) is 0 Å². The lowest BCUT2D eigenvalue weighted by molar-refractivity contribution is -0.0807. The van der Waals surface area contributed by atoms with E-state index < -0.39 is 0 Å². The van der Waals surface area contributed by atoms with E-state index in [2.05, 4.69) is 15.3 Å². The predicted molar refractivity (Wildman–Crippen MR) is 87.6 cm³/mol. The van der Waals surface area contributed by atoms with Crippen LogP contribution in [0.2, 0.25) is 0 Å². The minimum absolute atomic E-state index is 0.221.